The predicted molar refractivity (Wildman–Crippen MR) is 121 cm³/mol. The maximum atomic E-state index is 12.6. The summed E-state index contributed by atoms with van der Waals surface area (Å²) in [5.74, 6) is 2.15. The predicted octanol–water partition coefficient (Wildman–Crippen LogP) is 6.03. The highest BCUT2D eigenvalue weighted by molar-refractivity contribution is 6.07. The van der Waals surface area contributed by atoms with Gasteiger partial charge in [-0.2, -0.15) is 0 Å². The molecule has 5 rings (SSSR count). The molecule has 0 amide bonds. The van der Waals surface area contributed by atoms with Crippen LogP contribution in [-0.4, -0.2) is 10.4 Å². The number of nitrogens with zero attached hydrogens (tertiary/aromatic N) is 1. The number of allylic oxidation sites excluding steroid dienone is 1. The fraction of sp³-hybridized carbons (Fsp3) is 0.148. The number of hydrogen-bond donors (Lipinski definition) is 0. The van der Waals surface area contributed by atoms with Gasteiger partial charge in [-0.1, -0.05) is 18.2 Å². The molecule has 2 aromatic heterocycles. The minimum absolute atomic E-state index is 0.0682. The molecule has 154 valence electrons. The van der Waals surface area contributed by atoms with Crippen molar-refractivity contribution >= 4 is 11.9 Å². The number of fused-ring (bicyclic) bond motifs is 1. The van der Waals surface area contributed by atoms with E-state index in [1.807, 2.05) is 71.6 Å². The molecular formula is C27H23NO3. The summed E-state index contributed by atoms with van der Waals surface area (Å²) in [4.78, 5) is 12.6. The summed E-state index contributed by atoms with van der Waals surface area (Å²) in [6, 6.07) is 21.5. The smallest absolute Gasteiger partial charge is 0.186 e. The van der Waals surface area contributed by atoms with Crippen molar-refractivity contribution in [1.29, 1.82) is 0 Å². The average molecular weight is 409 g/mol. The monoisotopic (exact) mass is 409 g/mol. The van der Waals surface area contributed by atoms with Gasteiger partial charge in [0.05, 0.1) is 0 Å². The van der Waals surface area contributed by atoms with Gasteiger partial charge in [0.25, 0.3) is 0 Å². The summed E-state index contributed by atoms with van der Waals surface area (Å²) >= 11 is 0. The van der Waals surface area contributed by atoms with E-state index in [0.717, 1.165) is 23.6 Å². The molecule has 0 atom stereocenters. The van der Waals surface area contributed by atoms with Crippen molar-refractivity contribution in [3.05, 3.63) is 113 Å². The Morgan fingerprint density at radius 1 is 0.968 bits per heavy atom. The number of aromatic nitrogens is 1. The van der Waals surface area contributed by atoms with Crippen LogP contribution in [0.25, 0.3) is 11.8 Å². The van der Waals surface area contributed by atoms with E-state index in [4.69, 9.17) is 9.15 Å². The summed E-state index contributed by atoms with van der Waals surface area (Å²) in [7, 11) is 0. The molecule has 4 heteroatoms. The number of carbonyl (C=O) groups excluding carboxylic acids is 1. The molecular weight excluding hydrogens is 386 g/mol. The molecule has 2 aromatic carbocycles. The van der Waals surface area contributed by atoms with E-state index in [1.54, 1.807) is 12.2 Å². The zero-order valence-corrected chi connectivity index (χ0v) is 17.2. The van der Waals surface area contributed by atoms with Gasteiger partial charge in [0.15, 0.2) is 5.78 Å². The van der Waals surface area contributed by atoms with Gasteiger partial charge in [-0.05, 0) is 91.1 Å². The molecule has 4 aromatic rings. The molecule has 2 heterocycles. The van der Waals surface area contributed by atoms with Gasteiger partial charge in [-0.3, -0.25) is 4.79 Å². The van der Waals surface area contributed by atoms with E-state index in [9.17, 15) is 4.79 Å². The van der Waals surface area contributed by atoms with Crippen LogP contribution in [0, 0.1) is 0 Å². The van der Waals surface area contributed by atoms with Gasteiger partial charge in [-0.25, -0.2) is 0 Å². The van der Waals surface area contributed by atoms with Gasteiger partial charge >= 0.3 is 0 Å². The Labute approximate surface area is 181 Å². The summed E-state index contributed by atoms with van der Waals surface area (Å²) in [6.07, 6.45) is 10.7. The second-order valence-electron chi connectivity index (χ2n) is 7.72. The minimum Gasteiger partial charge on any atom is -0.486 e. The number of furan rings is 1. The molecule has 31 heavy (non-hydrogen) atoms. The lowest BCUT2D eigenvalue weighted by atomic mass is 10.1. The van der Waals surface area contributed by atoms with Crippen molar-refractivity contribution in [2.45, 2.75) is 25.9 Å². The van der Waals surface area contributed by atoms with E-state index < -0.39 is 0 Å². The Balaban J connectivity index is 1.21. The first-order chi connectivity index (χ1) is 15.2. The molecule has 0 aliphatic heterocycles. The lowest BCUT2D eigenvalue weighted by molar-refractivity contribution is 0.104. The fourth-order valence-corrected chi connectivity index (χ4v) is 3.93. The van der Waals surface area contributed by atoms with Crippen molar-refractivity contribution < 1.29 is 13.9 Å². The van der Waals surface area contributed by atoms with Crippen LogP contribution in [0.1, 0.15) is 39.4 Å². The Hall–Kier alpha value is -3.79. The normalized spacial score (nSPS) is 12.9. The van der Waals surface area contributed by atoms with Crippen LogP contribution in [0.15, 0.2) is 89.6 Å². The van der Waals surface area contributed by atoms with Crippen LogP contribution in [0.5, 0.6) is 5.75 Å². The lowest BCUT2D eigenvalue weighted by Crippen LogP contribution is -1.97. The van der Waals surface area contributed by atoms with E-state index in [0.29, 0.717) is 17.9 Å². The van der Waals surface area contributed by atoms with Crippen LogP contribution in [-0.2, 0) is 19.4 Å². The van der Waals surface area contributed by atoms with Crippen LogP contribution in [0.4, 0.5) is 0 Å². The third kappa shape index (κ3) is 4.38. The lowest BCUT2D eigenvalue weighted by Gasteiger charge is -2.06. The Bertz CT molecular complexity index is 1230. The third-order valence-corrected chi connectivity index (χ3v) is 5.57. The highest BCUT2D eigenvalue weighted by atomic mass is 16.5. The van der Waals surface area contributed by atoms with Crippen molar-refractivity contribution in [2.24, 2.45) is 0 Å². The number of carbonyl (C=O) groups is 1. The highest BCUT2D eigenvalue weighted by Gasteiger charge is 2.11. The van der Waals surface area contributed by atoms with Gasteiger partial charge in [-0.15, -0.1) is 0 Å². The SMILES string of the molecule is O=C(/C=C/c1ccc(COc2ccc3c(c2)CCC3)o1)c1cccc(-n2cccc2)c1. The van der Waals surface area contributed by atoms with Gasteiger partial charge in [0.1, 0.15) is 23.9 Å². The molecule has 0 unspecified atom stereocenters. The first kappa shape index (κ1) is 19.2. The van der Waals surface area contributed by atoms with Gasteiger partial charge in [0.2, 0.25) is 0 Å². The Morgan fingerprint density at radius 2 is 1.84 bits per heavy atom. The molecule has 0 bridgehead atoms. The molecule has 0 fully saturated rings. The standard InChI is InChI=1S/C27H23NO3/c29-27(22-7-4-8-23(17-22)28-15-1-2-16-28)14-13-24-11-12-26(31-24)19-30-25-10-9-20-5-3-6-21(20)18-25/h1-2,4,7-18H,3,5-6,19H2/b14-13+. The zero-order valence-electron chi connectivity index (χ0n) is 17.2. The van der Waals surface area contributed by atoms with Crippen molar-refractivity contribution in [3.8, 4) is 11.4 Å². The van der Waals surface area contributed by atoms with Crippen molar-refractivity contribution in [3.63, 3.8) is 0 Å². The molecule has 0 spiro atoms. The maximum Gasteiger partial charge on any atom is 0.186 e. The van der Waals surface area contributed by atoms with E-state index in [1.165, 1.54) is 24.0 Å². The van der Waals surface area contributed by atoms with E-state index in [2.05, 4.69) is 12.1 Å². The largest absolute Gasteiger partial charge is 0.486 e. The van der Waals surface area contributed by atoms with E-state index >= 15 is 0 Å². The fourth-order valence-electron chi connectivity index (χ4n) is 3.93. The second kappa shape index (κ2) is 8.52. The average Bonchev–Trinajstić information content (AvgIpc) is 3.57. The van der Waals surface area contributed by atoms with Crippen LogP contribution < -0.4 is 4.74 Å². The van der Waals surface area contributed by atoms with Crippen LogP contribution in [0.2, 0.25) is 0 Å². The van der Waals surface area contributed by atoms with Crippen LogP contribution in [0.3, 0.4) is 0 Å². The number of aryl methyl sites for hydroxylation is 2. The quantitative estimate of drug-likeness (QED) is 0.276. The van der Waals surface area contributed by atoms with Gasteiger partial charge < -0.3 is 13.7 Å². The molecule has 1 aliphatic carbocycles. The number of ketones is 1. The molecule has 0 N–H and O–H groups in total. The summed E-state index contributed by atoms with van der Waals surface area (Å²) < 4.78 is 13.7. The number of benzene rings is 2. The summed E-state index contributed by atoms with van der Waals surface area (Å²) in [6.45, 7) is 0.361. The van der Waals surface area contributed by atoms with E-state index in [-0.39, 0.29) is 5.78 Å². The summed E-state index contributed by atoms with van der Waals surface area (Å²) in [5, 5.41) is 0. The molecule has 0 saturated heterocycles. The van der Waals surface area contributed by atoms with Gasteiger partial charge in [0, 0.05) is 23.6 Å². The number of hydrogen-bond acceptors (Lipinski definition) is 3. The maximum absolute atomic E-state index is 12.6. The molecule has 0 saturated carbocycles. The molecule has 1 aliphatic rings. The molecule has 0 radical (unpaired) electrons. The Kier molecular flexibility index (Phi) is 5.28. The topological polar surface area (TPSA) is 44.4 Å². The third-order valence-electron chi connectivity index (χ3n) is 5.57. The highest BCUT2D eigenvalue weighted by Crippen LogP contribution is 2.26. The van der Waals surface area contributed by atoms with Crippen molar-refractivity contribution in [1.82, 2.24) is 4.57 Å². The zero-order chi connectivity index (χ0) is 21.0. The second-order valence-corrected chi connectivity index (χ2v) is 7.72. The van der Waals surface area contributed by atoms with Crippen molar-refractivity contribution in [2.75, 3.05) is 0 Å². The minimum atomic E-state index is -0.0682. The first-order valence-electron chi connectivity index (χ1n) is 10.5. The first-order valence-corrected chi connectivity index (χ1v) is 10.5. The number of rotatable bonds is 7. The number of ether oxygens (including phenoxy) is 1. The molecule has 4 nitrogen and oxygen atoms in total. The Morgan fingerprint density at radius 3 is 2.74 bits per heavy atom. The van der Waals surface area contributed by atoms with Crippen LogP contribution >= 0.6 is 0 Å². The summed E-state index contributed by atoms with van der Waals surface area (Å²) in [5.41, 5.74) is 4.41.